The number of hydrogen-bond acceptors (Lipinski definition) is 5. The SMILES string of the molecule is Cc1nc(N/N=C/c2ccccc2Cl)c2c3c(sc2n1)CCCC3. The molecule has 1 aromatic carbocycles. The molecule has 0 aliphatic heterocycles. The number of aromatic nitrogens is 2. The molecule has 2 aromatic heterocycles. The number of hydrazone groups is 1. The Hall–Kier alpha value is -1.98. The van der Waals surface area contributed by atoms with Crippen LogP contribution in [0.5, 0.6) is 0 Å². The lowest BCUT2D eigenvalue weighted by Gasteiger charge is -2.11. The van der Waals surface area contributed by atoms with Crippen LogP contribution in [-0.2, 0) is 12.8 Å². The van der Waals surface area contributed by atoms with Gasteiger partial charge in [0.05, 0.1) is 11.6 Å². The van der Waals surface area contributed by atoms with Crippen molar-refractivity contribution in [3.63, 3.8) is 0 Å². The van der Waals surface area contributed by atoms with Crippen LogP contribution >= 0.6 is 22.9 Å². The predicted molar refractivity (Wildman–Crippen MR) is 101 cm³/mol. The normalized spacial score (nSPS) is 14.2. The van der Waals surface area contributed by atoms with Gasteiger partial charge in [-0.3, -0.25) is 5.43 Å². The summed E-state index contributed by atoms with van der Waals surface area (Å²) < 4.78 is 0. The van der Waals surface area contributed by atoms with E-state index in [0.29, 0.717) is 5.02 Å². The van der Waals surface area contributed by atoms with E-state index in [1.807, 2.05) is 31.2 Å². The molecule has 4 nitrogen and oxygen atoms in total. The van der Waals surface area contributed by atoms with Crippen LogP contribution in [0.3, 0.4) is 0 Å². The molecule has 0 spiro atoms. The number of nitrogens with one attached hydrogen (secondary N) is 1. The Kier molecular flexibility index (Phi) is 4.21. The zero-order valence-electron chi connectivity index (χ0n) is 13.3. The topological polar surface area (TPSA) is 50.2 Å². The summed E-state index contributed by atoms with van der Waals surface area (Å²) in [7, 11) is 0. The number of benzene rings is 1. The van der Waals surface area contributed by atoms with Gasteiger partial charge in [0.25, 0.3) is 0 Å². The number of thiophene rings is 1. The summed E-state index contributed by atoms with van der Waals surface area (Å²) in [4.78, 5) is 11.7. The molecule has 6 heteroatoms. The molecule has 1 aliphatic rings. The number of hydrogen-bond donors (Lipinski definition) is 1. The molecule has 3 aromatic rings. The average molecular weight is 357 g/mol. The summed E-state index contributed by atoms with van der Waals surface area (Å²) in [5, 5.41) is 6.16. The van der Waals surface area contributed by atoms with Gasteiger partial charge in [0.2, 0.25) is 0 Å². The molecule has 0 saturated heterocycles. The summed E-state index contributed by atoms with van der Waals surface area (Å²) in [5.74, 6) is 1.55. The number of halogens is 1. The van der Waals surface area contributed by atoms with E-state index in [2.05, 4.69) is 20.5 Å². The first-order chi connectivity index (χ1) is 11.7. The van der Waals surface area contributed by atoms with Gasteiger partial charge in [-0.2, -0.15) is 5.10 Å². The van der Waals surface area contributed by atoms with Crippen molar-refractivity contribution < 1.29 is 0 Å². The Bertz CT molecular complexity index is 932. The molecule has 24 heavy (non-hydrogen) atoms. The van der Waals surface area contributed by atoms with Crippen LogP contribution in [0, 0.1) is 6.92 Å². The zero-order chi connectivity index (χ0) is 16.5. The van der Waals surface area contributed by atoms with Crippen molar-refractivity contribution in [2.24, 2.45) is 5.10 Å². The maximum absolute atomic E-state index is 6.16. The minimum absolute atomic E-state index is 0.681. The molecule has 0 atom stereocenters. The molecule has 0 amide bonds. The largest absolute Gasteiger partial charge is 0.261 e. The molecule has 2 heterocycles. The van der Waals surface area contributed by atoms with E-state index in [-0.39, 0.29) is 0 Å². The Morgan fingerprint density at radius 2 is 2.04 bits per heavy atom. The highest BCUT2D eigenvalue weighted by molar-refractivity contribution is 7.19. The highest BCUT2D eigenvalue weighted by Gasteiger charge is 2.20. The van der Waals surface area contributed by atoms with Crippen LogP contribution in [0.1, 0.15) is 34.7 Å². The maximum Gasteiger partial charge on any atom is 0.158 e. The minimum Gasteiger partial charge on any atom is -0.261 e. The molecule has 0 bridgehead atoms. The van der Waals surface area contributed by atoms with Crippen molar-refractivity contribution in [3.05, 3.63) is 51.1 Å². The van der Waals surface area contributed by atoms with E-state index >= 15 is 0 Å². The molecule has 4 rings (SSSR count). The Labute approximate surface area is 149 Å². The Morgan fingerprint density at radius 1 is 1.21 bits per heavy atom. The molecule has 1 N–H and O–H groups in total. The summed E-state index contributed by atoms with van der Waals surface area (Å²) >= 11 is 7.96. The molecule has 0 radical (unpaired) electrons. The fourth-order valence-corrected chi connectivity index (χ4v) is 4.58. The Balaban J connectivity index is 1.71. The van der Waals surface area contributed by atoms with Gasteiger partial charge in [0.15, 0.2) is 5.82 Å². The van der Waals surface area contributed by atoms with Gasteiger partial charge in [0.1, 0.15) is 10.7 Å². The van der Waals surface area contributed by atoms with Crippen molar-refractivity contribution >= 4 is 45.2 Å². The van der Waals surface area contributed by atoms with E-state index < -0.39 is 0 Å². The van der Waals surface area contributed by atoms with Crippen molar-refractivity contribution in [2.75, 3.05) is 5.43 Å². The summed E-state index contributed by atoms with van der Waals surface area (Å²) in [6, 6.07) is 7.63. The minimum atomic E-state index is 0.681. The van der Waals surface area contributed by atoms with Crippen molar-refractivity contribution in [1.82, 2.24) is 9.97 Å². The second kappa shape index (κ2) is 6.49. The number of fused-ring (bicyclic) bond motifs is 3. The second-order valence-electron chi connectivity index (χ2n) is 5.90. The first-order valence-electron chi connectivity index (χ1n) is 8.05. The van der Waals surface area contributed by atoms with E-state index in [0.717, 1.165) is 40.3 Å². The smallest absolute Gasteiger partial charge is 0.158 e. The van der Waals surface area contributed by atoms with E-state index in [1.165, 1.54) is 23.3 Å². The Morgan fingerprint density at radius 3 is 2.92 bits per heavy atom. The lowest BCUT2D eigenvalue weighted by molar-refractivity contribution is 0.700. The van der Waals surface area contributed by atoms with E-state index in [4.69, 9.17) is 11.6 Å². The quantitative estimate of drug-likeness (QED) is 0.532. The van der Waals surface area contributed by atoms with Crippen molar-refractivity contribution in [3.8, 4) is 0 Å². The van der Waals surface area contributed by atoms with Gasteiger partial charge >= 0.3 is 0 Å². The van der Waals surface area contributed by atoms with Crippen LogP contribution in [0.15, 0.2) is 29.4 Å². The molecule has 0 unspecified atom stereocenters. The highest BCUT2D eigenvalue weighted by Crippen LogP contribution is 2.38. The average Bonchev–Trinajstić information content (AvgIpc) is 2.94. The third-order valence-electron chi connectivity index (χ3n) is 4.21. The molecule has 1 aliphatic carbocycles. The van der Waals surface area contributed by atoms with Gasteiger partial charge in [-0.15, -0.1) is 11.3 Å². The molecule has 0 fully saturated rings. The predicted octanol–water partition coefficient (Wildman–Crippen LogP) is 4.98. The number of aryl methyl sites for hydroxylation is 3. The zero-order valence-corrected chi connectivity index (χ0v) is 14.9. The third-order valence-corrected chi connectivity index (χ3v) is 5.74. The first kappa shape index (κ1) is 15.5. The van der Waals surface area contributed by atoms with Crippen molar-refractivity contribution in [2.45, 2.75) is 32.6 Å². The summed E-state index contributed by atoms with van der Waals surface area (Å²) in [5.41, 5.74) is 5.38. The second-order valence-corrected chi connectivity index (χ2v) is 7.39. The molecular weight excluding hydrogens is 340 g/mol. The third kappa shape index (κ3) is 2.89. The van der Waals surface area contributed by atoms with Gasteiger partial charge in [-0.05, 0) is 44.2 Å². The van der Waals surface area contributed by atoms with E-state index in [9.17, 15) is 0 Å². The fraction of sp³-hybridized carbons (Fsp3) is 0.278. The van der Waals surface area contributed by atoms with Crippen LogP contribution in [0.2, 0.25) is 5.02 Å². The first-order valence-corrected chi connectivity index (χ1v) is 9.24. The van der Waals surface area contributed by atoms with Gasteiger partial charge < -0.3 is 0 Å². The highest BCUT2D eigenvalue weighted by atomic mass is 35.5. The van der Waals surface area contributed by atoms with Crippen LogP contribution in [0.25, 0.3) is 10.2 Å². The summed E-state index contributed by atoms with van der Waals surface area (Å²) in [6.07, 6.45) is 6.47. The van der Waals surface area contributed by atoms with Gasteiger partial charge in [-0.1, -0.05) is 29.8 Å². The lowest BCUT2D eigenvalue weighted by Crippen LogP contribution is -2.02. The fourth-order valence-electron chi connectivity index (χ4n) is 3.09. The number of anilines is 1. The van der Waals surface area contributed by atoms with Crippen LogP contribution in [-0.4, -0.2) is 16.2 Å². The number of nitrogens with zero attached hydrogens (tertiary/aromatic N) is 3. The van der Waals surface area contributed by atoms with Crippen molar-refractivity contribution in [1.29, 1.82) is 0 Å². The molecular formula is C18H17ClN4S. The van der Waals surface area contributed by atoms with E-state index in [1.54, 1.807) is 17.6 Å². The van der Waals surface area contributed by atoms with Gasteiger partial charge in [0, 0.05) is 15.5 Å². The van der Waals surface area contributed by atoms with Gasteiger partial charge in [-0.25, -0.2) is 9.97 Å². The maximum atomic E-state index is 6.16. The monoisotopic (exact) mass is 356 g/mol. The number of rotatable bonds is 3. The standard InChI is InChI=1S/C18H17ClN4S/c1-11-21-17(23-20-10-12-6-2-4-8-14(12)19)16-13-7-3-5-9-15(13)24-18(16)22-11/h2,4,6,8,10H,3,5,7,9H2,1H3,(H,21,22,23)/b20-10+. The lowest BCUT2D eigenvalue weighted by atomic mass is 9.97. The van der Waals surface area contributed by atoms with Crippen LogP contribution < -0.4 is 5.43 Å². The molecule has 122 valence electrons. The summed E-state index contributed by atoms with van der Waals surface area (Å²) in [6.45, 7) is 1.92. The van der Waals surface area contributed by atoms with Crippen LogP contribution in [0.4, 0.5) is 5.82 Å². The molecule has 0 saturated carbocycles.